The molecule has 0 spiro atoms. The summed E-state index contributed by atoms with van der Waals surface area (Å²) in [7, 11) is 0. The first-order valence-electron chi connectivity index (χ1n) is 8.82. The van der Waals surface area contributed by atoms with Gasteiger partial charge in [-0.2, -0.15) is 0 Å². The molecular weight excluding hydrogens is 405 g/mol. The lowest BCUT2D eigenvalue weighted by molar-refractivity contribution is 0.0703. The fourth-order valence-electron chi connectivity index (χ4n) is 2.92. The number of piperidine rings is 1. The number of aromatic nitrogens is 1. The maximum absolute atomic E-state index is 12.9. The van der Waals surface area contributed by atoms with E-state index in [0.717, 1.165) is 5.01 Å². The maximum Gasteiger partial charge on any atom is 0.319 e. The Labute approximate surface area is 172 Å². The molecule has 3 rings (SSSR count). The standard InChI is InChI=1S/C18H22FN5O2S.ClH/c19-12-1-3-13(4-2-12)21-18(26)22-14-6-9-24(10-7-14)17(25)15-11-27-16(23-15)5-8-20;/h1-4,11,14H,5-10,20H2,(H2,21,22,26);1H. The van der Waals surface area contributed by atoms with Crippen molar-refractivity contribution in [1.82, 2.24) is 15.2 Å². The lowest BCUT2D eigenvalue weighted by Crippen LogP contribution is -2.47. The molecule has 2 heterocycles. The molecule has 7 nitrogen and oxygen atoms in total. The van der Waals surface area contributed by atoms with Crippen LogP contribution in [-0.4, -0.2) is 47.5 Å². The van der Waals surface area contributed by atoms with Crippen LogP contribution in [0.25, 0.3) is 0 Å². The van der Waals surface area contributed by atoms with Crippen molar-refractivity contribution in [3.8, 4) is 0 Å². The van der Waals surface area contributed by atoms with Gasteiger partial charge in [0.2, 0.25) is 0 Å². The minimum absolute atomic E-state index is 0. The number of hydrogen-bond donors (Lipinski definition) is 3. The molecule has 152 valence electrons. The van der Waals surface area contributed by atoms with E-state index in [0.29, 0.717) is 50.3 Å². The number of carbonyl (C=O) groups excluding carboxylic acids is 2. The molecule has 3 amide bonds. The number of benzene rings is 1. The molecule has 0 unspecified atom stereocenters. The molecular formula is C18H23ClFN5O2S. The maximum atomic E-state index is 12.9. The average Bonchev–Trinajstić information content (AvgIpc) is 3.13. The molecule has 1 aliphatic rings. The number of likely N-dealkylation sites (tertiary alicyclic amines) is 1. The highest BCUT2D eigenvalue weighted by Crippen LogP contribution is 2.17. The molecule has 4 N–H and O–H groups in total. The summed E-state index contributed by atoms with van der Waals surface area (Å²) in [4.78, 5) is 30.7. The Hall–Kier alpha value is -2.23. The molecule has 2 aromatic rings. The molecule has 1 aromatic heterocycles. The van der Waals surface area contributed by atoms with Crippen molar-refractivity contribution in [2.24, 2.45) is 5.73 Å². The first-order valence-corrected chi connectivity index (χ1v) is 9.70. The van der Waals surface area contributed by atoms with Crippen molar-refractivity contribution in [3.05, 3.63) is 46.2 Å². The van der Waals surface area contributed by atoms with Gasteiger partial charge >= 0.3 is 6.03 Å². The molecule has 0 radical (unpaired) electrons. The quantitative estimate of drug-likeness (QED) is 0.682. The second-order valence-corrected chi connectivity index (χ2v) is 7.28. The third-order valence-electron chi connectivity index (χ3n) is 4.35. The Morgan fingerprint density at radius 2 is 1.93 bits per heavy atom. The SMILES string of the molecule is Cl.NCCc1nc(C(=O)N2CCC(NC(=O)Nc3ccc(F)cc3)CC2)cs1. The van der Waals surface area contributed by atoms with Gasteiger partial charge in [0.1, 0.15) is 11.5 Å². The number of thiazole rings is 1. The van der Waals surface area contributed by atoms with Crippen molar-refractivity contribution in [2.45, 2.75) is 25.3 Å². The molecule has 0 aliphatic carbocycles. The van der Waals surface area contributed by atoms with Crippen molar-refractivity contribution >= 4 is 41.4 Å². The molecule has 0 atom stereocenters. The molecule has 1 fully saturated rings. The van der Waals surface area contributed by atoms with Crippen LogP contribution in [0.5, 0.6) is 0 Å². The Morgan fingerprint density at radius 3 is 2.57 bits per heavy atom. The monoisotopic (exact) mass is 427 g/mol. The average molecular weight is 428 g/mol. The predicted octanol–water partition coefficient (Wildman–Crippen LogP) is 2.63. The smallest absolute Gasteiger partial charge is 0.319 e. The van der Waals surface area contributed by atoms with Crippen molar-refractivity contribution in [1.29, 1.82) is 0 Å². The van der Waals surface area contributed by atoms with E-state index in [1.54, 1.807) is 10.3 Å². The van der Waals surface area contributed by atoms with Gasteiger partial charge in [-0.15, -0.1) is 23.7 Å². The first-order chi connectivity index (χ1) is 13.0. The third kappa shape index (κ3) is 5.88. The van der Waals surface area contributed by atoms with Gasteiger partial charge in [-0.05, 0) is 43.7 Å². The largest absolute Gasteiger partial charge is 0.337 e. The van der Waals surface area contributed by atoms with E-state index in [4.69, 9.17) is 5.73 Å². The van der Waals surface area contributed by atoms with E-state index in [9.17, 15) is 14.0 Å². The van der Waals surface area contributed by atoms with Crippen LogP contribution in [0, 0.1) is 5.82 Å². The van der Waals surface area contributed by atoms with Crippen LogP contribution in [0.4, 0.5) is 14.9 Å². The van der Waals surface area contributed by atoms with Crippen molar-refractivity contribution < 1.29 is 14.0 Å². The van der Waals surface area contributed by atoms with Crippen LogP contribution in [0.1, 0.15) is 28.3 Å². The summed E-state index contributed by atoms with van der Waals surface area (Å²) >= 11 is 1.45. The van der Waals surface area contributed by atoms with Gasteiger partial charge in [0.25, 0.3) is 5.91 Å². The van der Waals surface area contributed by atoms with Crippen LogP contribution < -0.4 is 16.4 Å². The number of rotatable bonds is 5. The number of amides is 3. The molecule has 0 saturated carbocycles. The van der Waals surface area contributed by atoms with Crippen molar-refractivity contribution in [2.75, 3.05) is 25.0 Å². The fourth-order valence-corrected chi connectivity index (χ4v) is 3.71. The second-order valence-electron chi connectivity index (χ2n) is 6.34. The number of nitrogens with one attached hydrogen (secondary N) is 2. The topological polar surface area (TPSA) is 100 Å². The summed E-state index contributed by atoms with van der Waals surface area (Å²) in [6.07, 6.45) is 2.01. The fraction of sp³-hybridized carbons (Fsp3) is 0.389. The minimum Gasteiger partial charge on any atom is -0.337 e. The molecule has 1 saturated heterocycles. The highest BCUT2D eigenvalue weighted by atomic mass is 35.5. The van der Waals surface area contributed by atoms with Crippen LogP contribution in [0.15, 0.2) is 29.6 Å². The van der Waals surface area contributed by atoms with Gasteiger partial charge in [-0.25, -0.2) is 14.2 Å². The number of anilines is 1. The normalized spacial score (nSPS) is 14.3. The van der Waals surface area contributed by atoms with Crippen LogP contribution in [-0.2, 0) is 6.42 Å². The number of nitrogens with zero attached hydrogens (tertiary/aromatic N) is 2. The van der Waals surface area contributed by atoms with Crippen LogP contribution >= 0.6 is 23.7 Å². The summed E-state index contributed by atoms with van der Waals surface area (Å²) < 4.78 is 12.9. The van der Waals surface area contributed by atoms with E-state index in [1.165, 1.54) is 35.6 Å². The third-order valence-corrected chi connectivity index (χ3v) is 5.26. The Balaban J connectivity index is 0.00000280. The number of carbonyl (C=O) groups is 2. The highest BCUT2D eigenvalue weighted by Gasteiger charge is 2.25. The highest BCUT2D eigenvalue weighted by molar-refractivity contribution is 7.09. The van der Waals surface area contributed by atoms with E-state index in [-0.39, 0.29) is 36.2 Å². The van der Waals surface area contributed by atoms with Gasteiger partial charge in [0.05, 0.1) is 5.01 Å². The van der Waals surface area contributed by atoms with Gasteiger partial charge in [0, 0.05) is 36.6 Å². The van der Waals surface area contributed by atoms with E-state index >= 15 is 0 Å². The van der Waals surface area contributed by atoms with Gasteiger partial charge in [-0.1, -0.05) is 0 Å². The summed E-state index contributed by atoms with van der Waals surface area (Å²) in [5.74, 6) is -0.433. The van der Waals surface area contributed by atoms with E-state index in [1.807, 2.05) is 0 Å². The lowest BCUT2D eigenvalue weighted by atomic mass is 10.0. The minimum atomic E-state index is -0.353. The molecule has 1 aliphatic heterocycles. The Bertz CT molecular complexity index is 794. The van der Waals surface area contributed by atoms with Crippen LogP contribution in [0.3, 0.4) is 0 Å². The zero-order valence-electron chi connectivity index (χ0n) is 15.2. The number of halogens is 2. The predicted molar refractivity (Wildman–Crippen MR) is 110 cm³/mol. The number of hydrogen-bond acceptors (Lipinski definition) is 5. The zero-order chi connectivity index (χ0) is 19.2. The van der Waals surface area contributed by atoms with Gasteiger partial charge < -0.3 is 21.3 Å². The van der Waals surface area contributed by atoms with E-state index < -0.39 is 0 Å². The Kier molecular flexibility index (Phi) is 8.16. The summed E-state index contributed by atoms with van der Waals surface area (Å²) in [5, 5.41) is 8.21. The lowest BCUT2D eigenvalue weighted by Gasteiger charge is -2.32. The first kappa shape index (κ1) is 22.1. The summed E-state index contributed by atoms with van der Waals surface area (Å²) in [6.45, 7) is 1.63. The number of urea groups is 1. The van der Waals surface area contributed by atoms with E-state index in [2.05, 4.69) is 15.6 Å². The van der Waals surface area contributed by atoms with Crippen molar-refractivity contribution in [3.63, 3.8) is 0 Å². The molecule has 1 aromatic carbocycles. The van der Waals surface area contributed by atoms with Gasteiger partial charge in [0.15, 0.2) is 0 Å². The molecule has 0 bridgehead atoms. The number of nitrogens with two attached hydrogens (primary N) is 1. The molecule has 28 heavy (non-hydrogen) atoms. The molecule has 10 heteroatoms. The zero-order valence-corrected chi connectivity index (χ0v) is 16.8. The summed E-state index contributed by atoms with van der Waals surface area (Å²) in [6, 6.07) is 5.23. The van der Waals surface area contributed by atoms with Crippen LogP contribution in [0.2, 0.25) is 0 Å². The Morgan fingerprint density at radius 1 is 1.25 bits per heavy atom. The second kappa shape index (κ2) is 10.4. The van der Waals surface area contributed by atoms with Gasteiger partial charge in [-0.3, -0.25) is 4.79 Å². The summed E-state index contributed by atoms with van der Waals surface area (Å²) in [5.41, 5.74) is 6.50.